The zero-order chi connectivity index (χ0) is 38.7. The first kappa shape index (κ1) is 37.8. The number of aliphatic hydroxyl groups excluding tert-OH is 1. The Bertz CT molecular complexity index is 1850. The lowest BCUT2D eigenvalue weighted by Gasteiger charge is -2.56. The number of rotatable bonds is 4. The van der Waals surface area contributed by atoms with Crippen LogP contribution in [0.3, 0.4) is 0 Å². The van der Waals surface area contributed by atoms with E-state index in [9.17, 15) is 54.0 Å². The van der Waals surface area contributed by atoms with Crippen LogP contribution < -0.4 is 0 Å². The average molecular weight is 731 g/mol. The molecular weight excluding hydrogens is 680 g/mol. The number of hydrogen-bond acceptors (Lipinski definition) is 11. The highest BCUT2D eigenvalue weighted by atomic mass is 16.5. The molecule has 53 heavy (non-hydrogen) atoms. The molecule has 0 radical (unpaired) electrons. The van der Waals surface area contributed by atoms with Crippen LogP contribution in [0.25, 0.3) is 0 Å². The highest BCUT2D eigenvalue weighted by molar-refractivity contribution is 6.29. The Hall–Kier alpha value is -3.51. The standard InChI is InChI=1S/C21H26O6.C21H24O5/c1-19-7-5-12(22)9-11(19)3-4-13-14-6-8-21(27,17(24)18(25)26)20(14,2)10-15(23)16(13)19;1-19-7-5-13(23)9-12(19)3-4-14-15-6-8-21(26,17(25)11-22)20(15,2)10-16(24)18(14)19/h5,7,9,13-14,16,18,25-27H,3-4,6,8,10H2,1-2H3;5,7,9,11,14-15,18,26H,3-4,6,8,10H2,1-2H3. The van der Waals surface area contributed by atoms with E-state index in [4.69, 9.17) is 0 Å². The Morgan fingerprint density at radius 2 is 1.11 bits per heavy atom. The number of hydrogen-bond donors (Lipinski definition) is 4. The van der Waals surface area contributed by atoms with Crippen LogP contribution in [0.15, 0.2) is 47.6 Å². The van der Waals surface area contributed by atoms with Gasteiger partial charge in [-0.25, -0.2) is 0 Å². The Morgan fingerprint density at radius 3 is 1.53 bits per heavy atom. The monoisotopic (exact) mass is 730 g/mol. The van der Waals surface area contributed by atoms with E-state index in [0.717, 1.165) is 30.4 Å². The summed E-state index contributed by atoms with van der Waals surface area (Å²) < 4.78 is 0. The third kappa shape index (κ3) is 5.02. The molecule has 6 fully saturated rings. The summed E-state index contributed by atoms with van der Waals surface area (Å²) in [6.45, 7) is 7.57. The number of carbonyl (C=O) groups excluding carboxylic acids is 7. The summed E-state index contributed by atoms with van der Waals surface area (Å²) >= 11 is 0. The molecule has 0 bridgehead atoms. The van der Waals surface area contributed by atoms with E-state index >= 15 is 0 Å². The van der Waals surface area contributed by atoms with E-state index in [-0.39, 0.29) is 90.6 Å². The lowest BCUT2D eigenvalue weighted by Crippen LogP contribution is -2.61. The third-order valence-corrected chi connectivity index (χ3v) is 16.0. The quantitative estimate of drug-likeness (QED) is 0.188. The molecule has 12 atom stereocenters. The van der Waals surface area contributed by atoms with Crippen LogP contribution in [0.4, 0.5) is 0 Å². The van der Waals surface area contributed by atoms with Crippen molar-refractivity contribution in [3.8, 4) is 0 Å². The van der Waals surface area contributed by atoms with Crippen molar-refractivity contribution in [3.63, 3.8) is 0 Å². The van der Waals surface area contributed by atoms with Crippen molar-refractivity contribution in [1.82, 2.24) is 0 Å². The van der Waals surface area contributed by atoms with Gasteiger partial charge in [-0.3, -0.25) is 33.6 Å². The van der Waals surface area contributed by atoms with Crippen molar-refractivity contribution in [2.45, 2.75) is 109 Å². The Kier molecular flexibility index (Phi) is 8.73. The minimum Gasteiger partial charge on any atom is -0.381 e. The number of ketones is 6. The van der Waals surface area contributed by atoms with Gasteiger partial charge in [0.15, 0.2) is 17.9 Å². The summed E-state index contributed by atoms with van der Waals surface area (Å²) in [4.78, 5) is 85.8. The van der Waals surface area contributed by atoms with Gasteiger partial charge in [0.25, 0.3) is 0 Å². The smallest absolute Gasteiger partial charge is 0.227 e. The molecule has 11 nitrogen and oxygen atoms in total. The van der Waals surface area contributed by atoms with Crippen molar-refractivity contribution in [3.05, 3.63) is 47.6 Å². The van der Waals surface area contributed by atoms with Gasteiger partial charge in [0.2, 0.25) is 17.9 Å². The van der Waals surface area contributed by atoms with E-state index in [2.05, 4.69) is 0 Å². The molecule has 4 N–H and O–H groups in total. The van der Waals surface area contributed by atoms with E-state index in [1.54, 1.807) is 32.1 Å². The summed E-state index contributed by atoms with van der Waals surface area (Å²) in [6.07, 6.45) is 12.7. The zero-order valence-electron chi connectivity index (χ0n) is 30.8. The topological polar surface area (TPSA) is 200 Å². The van der Waals surface area contributed by atoms with Gasteiger partial charge in [-0.1, -0.05) is 51.0 Å². The molecule has 0 amide bonds. The van der Waals surface area contributed by atoms with Gasteiger partial charge in [0, 0.05) is 46.3 Å². The molecule has 0 aliphatic heterocycles. The minimum absolute atomic E-state index is 0.00564. The molecular formula is C42H50O11. The van der Waals surface area contributed by atoms with Crippen LogP contribution in [-0.4, -0.2) is 78.9 Å². The van der Waals surface area contributed by atoms with Crippen LogP contribution in [-0.2, 0) is 33.6 Å². The molecule has 0 aromatic heterocycles. The van der Waals surface area contributed by atoms with E-state index in [1.165, 1.54) is 6.08 Å². The second-order valence-corrected chi connectivity index (χ2v) is 18.1. The summed E-state index contributed by atoms with van der Waals surface area (Å²) in [7, 11) is 0. The SMILES string of the molecule is CC12C=CC(=O)C=C1CCC1C2C(=O)CC2(C)C1CCC2(O)C(=O)C(O)O.CC12C=CC(=O)C=C1CCC1C2C(=O)CC2(C)C1CCC2(O)C(=O)C=O. The molecule has 0 aromatic rings. The summed E-state index contributed by atoms with van der Waals surface area (Å²) in [6, 6.07) is 0. The number of allylic oxidation sites excluding steroid dienone is 8. The first-order chi connectivity index (χ1) is 24.7. The highest BCUT2D eigenvalue weighted by Gasteiger charge is 2.70. The van der Waals surface area contributed by atoms with Gasteiger partial charge in [0.05, 0.1) is 0 Å². The summed E-state index contributed by atoms with van der Waals surface area (Å²) in [5.74, 6) is -2.41. The van der Waals surface area contributed by atoms with Crippen LogP contribution >= 0.6 is 0 Å². The number of fused-ring (bicyclic) bond motifs is 10. The van der Waals surface area contributed by atoms with Crippen LogP contribution in [0.2, 0.25) is 0 Å². The molecule has 0 heterocycles. The first-order valence-corrected chi connectivity index (χ1v) is 19.0. The summed E-state index contributed by atoms with van der Waals surface area (Å²) in [5.41, 5.74) is -4.51. The van der Waals surface area contributed by atoms with E-state index in [0.29, 0.717) is 19.3 Å². The van der Waals surface area contributed by atoms with Crippen molar-refractivity contribution >= 4 is 41.0 Å². The van der Waals surface area contributed by atoms with Crippen LogP contribution in [0.5, 0.6) is 0 Å². The molecule has 8 aliphatic rings. The second-order valence-electron chi connectivity index (χ2n) is 18.1. The fraction of sp³-hybridized carbons (Fsp3) is 0.643. The minimum atomic E-state index is -2.25. The number of aliphatic hydroxyl groups is 4. The van der Waals surface area contributed by atoms with Crippen LogP contribution in [0, 0.1) is 57.2 Å². The van der Waals surface area contributed by atoms with Gasteiger partial charge in [-0.05, 0) is 99.3 Å². The largest absolute Gasteiger partial charge is 0.381 e. The number of Topliss-reactive ketones (excluding diaryl/α,β-unsaturated/α-hetero) is 4. The summed E-state index contributed by atoms with van der Waals surface area (Å²) in [5, 5.41) is 40.9. The van der Waals surface area contributed by atoms with Gasteiger partial charge < -0.3 is 20.4 Å². The number of carbonyl (C=O) groups is 7. The molecule has 0 aromatic carbocycles. The van der Waals surface area contributed by atoms with Gasteiger partial charge >= 0.3 is 0 Å². The van der Waals surface area contributed by atoms with Crippen molar-refractivity contribution in [1.29, 1.82) is 0 Å². The Morgan fingerprint density at radius 1 is 0.698 bits per heavy atom. The van der Waals surface area contributed by atoms with Gasteiger partial charge in [-0.2, -0.15) is 0 Å². The first-order valence-electron chi connectivity index (χ1n) is 19.0. The second kappa shape index (κ2) is 12.2. The molecule has 0 spiro atoms. The fourth-order valence-electron chi connectivity index (χ4n) is 13.2. The van der Waals surface area contributed by atoms with E-state index in [1.807, 2.05) is 26.0 Å². The predicted octanol–water partition coefficient (Wildman–Crippen LogP) is 3.06. The highest BCUT2D eigenvalue weighted by Crippen LogP contribution is 2.67. The zero-order valence-corrected chi connectivity index (χ0v) is 30.8. The molecule has 6 saturated carbocycles. The normalized spacial score (nSPS) is 46.4. The van der Waals surface area contributed by atoms with Gasteiger partial charge in [0.1, 0.15) is 22.8 Å². The van der Waals surface area contributed by atoms with E-state index < -0.39 is 50.7 Å². The molecule has 284 valence electrons. The van der Waals surface area contributed by atoms with Crippen molar-refractivity contribution in [2.24, 2.45) is 57.2 Å². The average Bonchev–Trinajstić information content (AvgIpc) is 3.53. The Labute approximate surface area is 308 Å². The third-order valence-electron chi connectivity index (χ3n) is 16.0. The lowest BCUT2D eigenvalue weighted by atomic mass is 9.46. The van der Waals surface area contributed by atoms with Gasteiger partial charge in [-0.15, -0.1) is 0 Å². The maximum atomic E-state index is 13.3. The van der Waals surface area contributed by atoms with Crippen LogP contribution in [0.1, 0.15) is 91.9 Å². The predicted molar refractivity (Wildman–Crippen MR) is 188 cm³/mol. The molecule has 8 aliphatic carbocycles. The Balaban J connectivity index is 0.000000164. The molecule has 11 heteroatoms. The van der Waals surface area contributed by atoms with Crippen molar-refractivity contribution < 1.29 is 54.0 Å². The molecule has 0 saturated heterocycles. The molecule has 12 unspecified atom stereocenters. The fourth-order valence-corrected chi connectivity index (χ4v) is 13.2. The maximum absolute atomic E-state index is 13.3. The van der Waals surface area contributed by atoms with Crippen molar-refractivity contribution in [2.75, 3.05) is 0 Å². The molecule has 8 rings (SSSR count). The number of aldehydes is 1. The lowest BCUT2D eigenvalue weighted by molar-refractivity contribution is -0.185. The maximum Gasteiger partial charge on any atom is 0.227 e.